The van der Waals surface area contributed by atoms with Crippen LogP contribution < -0.4 is 0 Å². The highest BCUT2D eigenvalue weighted by Gasteiger charge is 2.28. The third kappa shape index (κ3) is 2.06. The minimum atomic E-state index is -0.731. The van der Waals surface area contributed by atoms with E-state index >= 15 is 0 Å². The van der Waals surface area contributed by atoms with Crippen molar-refractivity contribution in [2.75, 3.05) is 13.7 Å². The Morgan fingerprint density at radius 2 is 2.50 bits per heavy atom. The number of carbonyl (C=O) groups is 1. The minimum Gasteiger partial charge on any atom is -0.481 e. The molecular weight excluding hydrogens is 210 g/mol. The predicted molar refractivity (Wildman–Crippen MR) is 55.0 cm³/mol. The number of aliphatic carboxylic acids is 1. The lowest BCUT2D eigenvalue weighted by Gasteiger charge is -2.18. The maximum absolute atomic E-state index is 10.9. The largest absolute Gasteiger partial charge is 0.481 e. The fourth-order valence-electron chi connectivity index (χ4n) is 2.00. The van der Waals surface area contributed by atoms with Crippen molar-refractivity contribution in [3.63, 3.8) is 0 Å². The van der Waals surface area contributed by atoms with E-state index in [-0.39, 0.29) is 5.92 Å². The Morgan fingerprint density at radius 3 is 3.19 bits per heavy atom. The summed E-state index contributed by atoms with van der Waals surface area (Å²) in [6, 6.07) is 0. The second-order valence-electron chi connectivity index (χ2n) is 3.98. The average molecular weight is 225 g/mol. The summed E-state index contributed by atoms with van der Waals surface area (Å²) in [7, 11) is 1.63. The van der Waals surface area contributed by atoms with Crippen molar-refractivity contribution in [3.8, 4) is 0 Å². The van der Waals surface area contributed by atoms with Crippen LogP contribution in [0.1, 0.15) is 17.8 Å². The lowest BCUT2D eigenvalue weighted by molar-refractivity contribution is -0.142. The van der Waals surface area contributed by atoms with Gasteiger partial charge in [-0.3, -0.25) is 4.79 Å². The van der Waals surface area contributed by atoms with Crippen LogP contribution in [-0.2, 0) is 28.9 Å². The molecule has 6 nitrogen and oxygen atoms in total. The lowest BCUT2D eigenvalue weighted by atomic mass is 9.90. The second-order valence-corrected chi connectivity index (χ2v) is 3.98. The van der Waals surface area contributed by atoms with Gasteiger partial charge in [0, 0.05) is 13.5 Å². The molecule has 1 heterocycles. The molecule has 0 aromatic carbocycles. The van der Waals surface area contributed by atoms with Crippen LogP contribution in [0.2, 0.25) is 0 Å². The van der Waals surface area contributed by atoms with Gasteiger partial charge in [-0.05, 0) is 12.8 Å². The van der Waals surface area contributed by atoms with E-state index in [1.54, 1.807) is 11.8 Å². The third-order valence-electron chi connectivity index (χ3n) is 2.94. The van der Waals surface area contributed by atoms with E-state index in [4.69, 9.17) is 9.84 Å². The minimum absolute atomic E-state index is 0.299. The first kappa shape index (κ1) is 11.1. The summed E-state index contributed by atoms with van der Waals surface area (Å²) in [5, 5.41) is 17.1. The molecule has 1 aromatic rings. The van der Waals surface area contributed by atoms with Gasteiger partial charge in [0.15, 0.2) is 0 Å². The molecule has 1 aliphatic rings. The second kappa shape index (κ2) is 4.61. The fraction of sp³-hybridized carbons (Fsp3) is 0.700. The first-order valence-corrected chi connectivity index (χ1v) is 5.35. The molecule has 0 bridgehead atoms. The van der Waals surface area contributed by atoms with Gasteiger partial charge in [-0.1, -0.05) is 5.21 Å². The van der Waals surface area contributed by atoms with E-state index in [1.165, 1.54) is 0 Å². The molecule has 0 amide bonds. The van der Waals surface area contributed by atoms with Crippen LogP contribution in [0, 0.1) is 5.92 Å². The highest BCUT2D eigenvalue weighted by Crippen LogP contribution is 2.23. The molecule has 1 atom stereocenters. The van der Waals surface area contributed by atoms with Crippen molar-refractivity contribution in [2.45, 2.75) is 25.8 Å². The number of hydrogen-bond donors (Lipinski definition) is 1. The number of carboxylic acids is 1. The zero-order valence-electron chi connectivity index (χ0n) is 9.22. The van der Waals surface area contributed by atoms with Crippen LogP contribution in [0.4, 0.5) is 0 Å². The van der Waals surface area contributed by atoms with Gasteiger partial charge in [-0.15, -0.1) is 5.10 Å². The van der Waals surface area contributed by atoms with Crippen LogP contribution in [0.3, 0.4) is 0 Å². The van der Waals surface area contributed by atoms with Gasteiger partial charge in [0.1, 0.15) is 0 Å². The van der Waals surface area contributed by atoms with Crippen LogP contribution in [-0.4, -0.2) is 39.8 Å². The zero-order chi connectivity index (χ0) is 11.5. The molecule has 1 N–H and O–H groups in total. The number of rotatable bonds is 4. The molecule has 1 aliphatic carbocycles. The molecule has 1 aromatic heterocycles. The number of carboxylic acid groups (broad SMARTS) is 1. The van der Waals surface area contributed by atoms with Gasteiger partial charge < -0.3 is 9.84 Å². The quantitative estimate of drug-likeness (QED) is 0.787. The van der Waals surface area contributed by atoms with Gasteiger partial charge in [0.05, 0.1) is 30.5 Å². The van der Waals surface area contributed by atoms with Crippen molar-refractivity contribution >= 4 is 5.97 Å². The molecule has 0 fully saturated rings. The summed E-state index contributed by atoms with van der Waals surface area (Å²) < 4.78 is 6.73. The summed E-state index contributed by atoms with van der Waals surface area (Å²) in [6.45, 7) is 1.19. The smallest absolute Gasteiger partial charge is 0.306 e. The van der Waals surface area contributed by atoms with Crippen molar-refractivity contribution < 1.29 is 14.6 Å². The molecule has 0 saturated heterocycles. The Labute approximate surface area is 93.2 Å². The molecule has 0 spiro atoms. The van der Waals surface area contributed by atoms with Crippen LogP contribution in [0.25, 0.3) is 0 Å². The van der Waals surface area contributed by atoms with Gasteiger partial charge in [0.25, 0.3) is 0 Å². The highest BCUT2D eigenvalue weighted by molar-refractivity contribution is 5.70. The summed E-state index contributed by atoms with van der Waals surface area (Å²) in [6.07, 6.45) is 1.89. The SMILES string of the molecule is COCCn1nnc2c1C[C@H](C(=O)O)CC2. The Bertz CT molecular complexity index is 389. The maximum Gasteiger partial charge on any atom is 0.306 e. The van der Waals surface area contributed by atoms with E-state index in [2.05, 4.69) is 10.3 Å². The van der Waals surface area contributed by atoms with Gasteiger partial charge in [0.2, 0.25) is 0 Å². The molecule has 6 heteroatoms. The van der Waals surface area contributed by atoms with Crippen LogP contribution in [0.15, 0.2) is 0 Å². The number of aromatic nitrogens is 3. The standard InChI is InChI=1S/C10H15N3O3/c1-16-5-4-13-9-6-7(10(14)15)2-3-8(9)11-12-13/h7H,2-6H2,1H3,(H,14,15)/t7-/m1/s1. The lowest BCUT2D eigenvalue weighted by Crippen LogP contribution is -2.24. The molecule has 16 heavy (non-hydrogen) atoms. The van der Waals surface area contributed by atoms with Gasteiger partial charge >= 0.3 is 5.97 Å². The molecule has 88 valence electrons. The van der Waals surface area contributed by atoms with Crippen LogP contribution in [0.5, 0.6) is 0 Å². The van der Waals surface area contributed by atoms with E-state index < -0.39 is 5.97 Å². The number of nitrogens with zero attached hydrogens (tertiary/aromatic N) is 3. The third-order valence-corrected chi connectivity index (χ3v) is 2.94. The molecule has 0 aliphatic heterocycles. The van der Waals surface area contributed by atoms with Crippen molar-refractivity contribution in [3.05, 3.63) is 11.4 Å². The maximum atomic E-state index is 10.9. The van der Waals surface area contributed by atoms with Crippen molar-refractivity contribution in [2.24, 2.45) is 5.92 Å². The first-order valence-electron chi connectivity index (χ1n) is 5.35. The van der Waals surface area contributed by atoms with Gasteiger partial charge in [-0.25, -0.2) is 4.68 Å². The van der Waals surface area contributed by atoms with E-state index in [0.29, 0.717) is 32.4 Å². The molecular formula is C10H15N3O3. The van der Waals surface area contributed by atoms with E-state index in [9.17, 15) is 4.79 Å². The average Bonchev–Trinajstić information content (AvgIpc) is 2.68. The summed E-state index contributed by atoms with van der Waals surface area (Å²) in [5.74, 6) is -1.03. The fourth-order valence-corrected chi connectivity index (χ4v) is 2.00. The van der Waals surface area contributed by atoms with Crippen LogP contribution >= 0.6 is 0 Å². The topological polar surface area (TPSA) is 77.2 Å². The summed E-state index contributed by atoms with van der Waals surface area (Å²) in [5.41, 5.74) is 1.89. The number of hydrogen-bond acceptors (Lipinski definition) is 4. The van der Waals surface area contributed by atoms with Crippen molar-refractivity contribution in [1.82, 2.24) is 15.0 Å². The highest BCUT2D eigenvalue weighted by atomic mass is 16.5. The number of ether oxygens (including phenoxy) is 1. The number of fused-ring (bicyclic) bond motifs is 1. The molecule has 0 saturated carbocycles. The monoisotopic (exact) mass is 225 g/mol. The van der Waals surface area contributed by atoms with Gasteiger partial charge in [-0.2, -0.15) is 0 Å². The van der Waals surface area contributed by atoms with Crippen molar-refractivity contribution in [1.29, 1.82) is 0 Å². The van der Waals surface area contributed by atoms with E-state index in [0.717, 1.165) is 11.4 Å². The first-order chi connectivity index (χ1) is 7.72. The Hall–Kier alpha value is -1.43. The Morgan fingerprint density at radius 1 is 1.69 bits per heavy atom. The molecule has 2 rings (SSSR count). The summed E-state index contributed by atoms with van der Waals surface area (Å²) >= 11 is 0. The summed E-state index contributed by atoms with van der Waals surface area (Å²) in [4.78, 5) is 10.9. The normalized spacial score (nSPS) is 19.4. The number of methoxy groups -OCH3 is 1. The number of aryl methyl sites for hydroxylation is 1. The zero-order valence-corrected chi connectivity index (χ0v) is 9.22. The molecule has 0 unspecified atom stereocenters. The predicted octanol–water partition coefficient (Wildman–Crippen LogP) is 0.114. The Balaban J connectivity index is 2.14. The molecule has 0 radical (unpaired) electrons. The Kier molecular flexibility index (Phi) is 3.19. The van der Waals surface area contributed by atoms with E-state index in [1.807, 2.05) is 0 Å².